The highest BCUT2D eigenvalue weighted by atomic mass is 16.2. The highest BCUT2D eigenvalue weighted by Gasteiger charge is 2.23. The SMILES string of the molecule is CC(=O)C/C(C)=N/NC(=O)[C@H](NC(=O)c1ccccc1)c1ccccc1. The Morgan fingerprint density at radius 2 is 1.50 bits per heavy atom. The van der Waals surface area contributed by atoms with Gasteiger partial charge in [-0.15, -0.1) is 0 Å². The smallest absolute Gasteiger partial charge is 0.267 e. The topological polar surface area (TPSA) is 87.6 Å². The minimum absolute atomic E-state index is 0.0440. The fourth-order valence-corrected chi connectivity index (χ4v) is 2.36. The van der Waals surface area contributed by atoms with Crippen LogP contribution in [0, 0.1) is 0 Å². The Bertz CT molecular complexity index is 802. The third-order valence-electron chi connectivity index (χ3n) is 3.57. The van der Waals surface area contributed by atoms with Crippen molar-refractivity contribution < 1.29 is 14.4 Å². The van der Waals surface area contributed by atoms with Crippen molar-refractivity contribution in [3.63, 3.8) is 0 Å². The number of ketones is 1. The van der Waals surface area contributed by atoms with Crippen molar-refractivity contribution in [3.05, 3.63) is 71.8 Å². The summed E-state index contributed by atoms with van der Waals surface area (Å²) in [6.45, 7) is 3.11. The molecule has 2 N–H and O–H groups in total. The zero-order valence-corrected chi connectivity index (χ0v) is 14.7. The number of benzene rings is 2. The molecule has 26 heavy (non-hydrogen) atoms. The van der Waals surface area contributed by atoms with Crippen molar-refractivity contribution in [3.8, 4) is 0 Å². The van der Waals surface area contributed by atoms with Crippen LogP contribution < -0.4 is 10.7 Å². The molecule has 0 aliphatic heterocycles. The van der Waals surface area contributed by atoms with Crippen LogP contribution in [-0.2, 0) is 9.59 Å². The van der Waals surface area contributed by atoms with Gasteiger partial charge in [0.15, 0.2) is 0 Å². The number of hydrazone groups is 1. The average Bonchev–Trinajstić information content (AvgIpc) is 2.65. The van der Waals surface area contributed by atoms with Gasteiger partial charge in [0, 0.05) is 17.7 Å². The van der Waals surface area contributed by atoms with Gasteiger partial charge in [-0.3, -0.25) is 14.4 Å². The van der Waals surface area contributed by atoms with Crippen molar-refractivity contribution in [1.82, 2.24) is 10.7 Å². The van der Waals surface area contributed by atoms with E-state index < -0.39 is 11.9 Å². The highest BCUT2D eigenvalue weighted by molar-refractivity contribution is 6.01. The van der Waals surface area contributed by atoms with Crippen LogP contribution in [0.15, 0.2) is 65.8 Å². The Morgan fingerprint density at radius 3 is 2.08 bits per heavy atom. The summed E-state index contributed by atoms with van der Waals surface area (Å²) < 4.78 is 0. The number of rotatable bonds is 7. The summed E-state index contributed by atoms with van der Waals surface area (Å²) in [5, 5.41) is 6.66. The fourth-order valence-electron chi connectivity index (χ4n) is 2.36. The van der Waals surface area contributed by atoms with Gasteiger partial charge < -0.3 is 5.32 Å². The lowest BCUT2D eigenvalue weighted by Gasteiger charge is -2.18. The molecule has 2 aromatic carbocycles. The van der Waals surface area contributed by atoms with Crippen LogP contribution >= 0.6 is 0 Å². The molecule has 2 rings (SSSR count). The molecule has 0 radical (unpaired) electrons. The zero-order valence-electron chi connectivity index (χ0n) is 14.7. The predicted octanol–water partition coefficient (Wildman–Crippen LogP) is 2.63. The molecule has 6 heteroatoms. The summed E-state index contributed by atoms with van der Waals surface area (Å²) in [7, 11) is 0. The first-order valence-corrected chi connectivity index (χ1v) is 8.20. The van der Waals surface area contributed by atoms with Crippen LogP contribution in [0.1, 0.15) is 42.2 Å². The fraction of sp³-hybridized carbons (Fsp3) is 0.200. The maximum absolute atomic E-state index is 12.6. The molecule has 6 nitrogen and oxygen atoms in total. The normalized spacial score (nSPS) is 12.2. The molecule has 0 bridgehead atoms. The third kappa shape index (κ3) is 5.66. The number of hydrogen-bond donors (Lipinski definition) is 2. The summed E-state index contributed by atoms with van der Waals surface area (Å²) >= 11 is 0. The quantitative estimate of drug-likeness (QED) is 0.594. The van der Waals surface area contributed by atoms with Crippen LogP contribution in [0.5, 0.6) is 0 Å². The number of amides is 2. The van der Waals surface area contributed by atoms with Gasteiger partial charge in [0.05, 0.1) is 0 Å². The van der Waals surface area contributed by atoms with Crippen molar-refractivity contribution in [1.29, 1.82) is 0 Å². The van der Waals surface area contributed by atoms with E-state index in [0.717, 1.165) is 0 Å². The van der Waals surface area contributed by atoms with Crippen LogP contribution in [0.25, 0.3) is 0 Å². The van der Waals surface area contributed by atoms with E-state index in [1.807, 2.05) is 12.1 Å². The number of carbonyl (C=O) groups is 3. The molecule has 0 saturated heterocycles. The first kappa shape index (κ1) is 19.1. The number of nitrogens with zero attached hydrogens (tertiary/aromatic N) is 1. The van der Waals surface area contributed by atoms with Gasteiger partial charge in [0.2, 0.25) is 0 Å². The van der Waals surface area contributed by atoms with Gasteiger partial charge in [-0.1, -0.05) is 48.5 Å². The summed E-state index contributed by atoms with van der Waals surface area (Å²) in [5.41, 5.74) is 4.01. The molecule has 0 aliphatic rings. The van der Waals surface area contributed by atoms with E-state index in [4.69, 9.17) is 0 Å². The summed E-state index contributed by atoms with van der Waals surface area (Å²) in [4.78, 5) is 36.1. The molecule has 0 heterocycles. The standard InChI is InChI=1S/C20H21N3O3/c1-14(13-15(2)24)22-23-20(26)18(16-9-5-3-6-10-16)21-19(25)17-11-7-4-8-12-17/h3-12,18H,13H2,1-2H3,(H,21,25)(H,23,26)/b22-14+/t18-/m1/s1. The van der Waals surface area contributed by atoms with Crippen molar-refractivity contribution in [2.24, 2.45) is 5.10 Å². The first-order chi connectivity index (χ1) is 12.5. The minimum atomic E-state index is -0.905. The van der Waals surface area contributed by atoms with Crippen molar-refractivity contribution in [2.75, 3.05) is 0 Å². The summed E-state index contributed by atoms with van der Waals surface area (Å²) in [6.07, 6.45) is 0.159. The predicted molar refractivity (Wildman–Crippen MR) is 99.6 cm³/mol. The van der Waals surface area contributed by atoms with Crippen LogP contribution in [-0.4, -0.2) is 23.3 Å². The molecule has 0 fully saturated rings. The Morgan fingerprint density at radius 1 is 0.923 bits per heavy atom. The van der Waals surface area contributed by atoms with Crippen LogP contribution in [0.3, 0.4) is 0 Å². The van der Waals surface area contributed by atoms with E-state index in [2.05, 4.69) is 15.8 Å². The molecular weight excluding hydrogens is 330 g/mol. The largest absolute Gasteiger partial charge is 0.336 e. The Labute approximate surface area is 152 Å². The molecule has 2 aromatic rings. The maximum Gasteiger partial charge on any atom is 0.267 e. The molecule has 134 valence electrons. The molecule has 0 spiro atoms. The van der Waals surface area contributed by atoms with E-state index in [0.29, 0.717) is 16.8 Å². The second-order valence-electron chi connectivity index (χ2n) is 5.89. The lowest BCUT2D eigenvalue weighted by molar-refractivity contribution is -0.123. The van der Waals surface area contributed by atoms with E-state index in [9.17, 15) is 14.4 Å². The second kappa shape index (κ2) is 9.27. The van der Waals surface area contributed by atoms with Gasteiger partial charge in [0.25, 0.3) is 11.8 Å². The van der Waals surface area contributed by atoms with Crippen LogP contribution in [0.2, 0.25) is 0 Å². The first-order valence-electron chi connectivity index (χ1n) is 8.20. The monoisotopic (exact) mass is 351 g/mol. The number of nitrogens with one attached hydrogen (secondary N) is 2. The molecule has 0 aromatic heterocycles. The molecule has 0 saturated carbocycles. The van der Waals surface area contributed by atoms with E-state index in [1.165, 1.54) is 6.92 Å². The van der Waals surface area contributed by atoms with E-state index in [1.54, 1.807) is 55.5 Å². The number of hydrogen-bond acceptors (Lipinski definition) is 4. The Kier molecular flexibility index (Phi) is 6.79. The molecule has 2 amide bonds. The summed E-state index contributed by atoms with van der Waals surface area (Å²) in [5.74, 6) is -0.889. The second-order valence-corrected chi connectivity index (χ2v) is 5.89. The Hall–Kier alpha value is -3.28. The van der Waals surface area contributed by atoms with Crippen molar-refractivity contribution in [2.45, 2.75) is 26.3 Å². The molecule has 0 unspecified atom stereocenters. The van der Waals surface area contributed by atoms with Gasteiger partial charge in [0.1, 0.15) is 11.8 Å². The van der Waals surface area contributed by atoms with Crippen molar-refractivity contribution >= 4 is 23.3 Å². The van der Waals surface area contributed by atoms with Gasteiger partial charge in [-0.25, -0.2) is 5.43 Å². The molecular formula is C20H21N3O3. The lowest BCUT2D eigenvalue weighted by Crippen LogP contribution is -2.39. The Balaban J connectivity index is 2.18. The average molecular weight is 351 g/mol. The molecule has 0 aliphatic carbocycles. The maximum atomic E-state index is 12.6. The van der Waals surface area contributed by atoms with E-state index >= 15 is 0 Å². The van der Waals surface area contributed by atoms with Gasteiger partial charge >= 0.3 is 0 Å². The van der Waals surface area contributed by atoms with Crippen LogP contribution in [0.4, 0.5) is 0 Å². The zero-order chi connectivity index (χ0) is 18.9. The van der Waals surface area contributed by atoms with Gasteiger partial charge in [-0.05, 0) is 31.5 Å². The summed E-state index contributed by atoms with van der Waals surface area (Å²) in [6, 6.07) is 16.7. The number of carbonyl (C=O) groups excluding carboxylic acids is 3. The third-order valence-corrected chi connectivity index (χ3v) is 3.57. The lowest BCUT2D eigenvalue weighted by atomic mass is 10.1. The minimum Gasteiger partial charge on any atom is -0.336 e. The number of Topliss-reactive ketones (excluding diaryl/α,β-unsaturated/α-hetero) is 1. The van der Waals surface area contributed by atoms with E-state index in [-0.39, 0.29) is 18.1 Å². The van der Waals surface area contributed by atoms with Gasteiger partial charge in [-0.2, -0.15) is 5.10 Å². The molecule has 1 atom stereocenters. The highest BCUT2D eigenvalue weighted by Crippen LogP contribution is 2.14.